The molecule has 0 aromatic heterocycles. The molecule has 0 heterocycles. The second kappa shape index (κ2) is 41.0. The molecular weight excluding hydrogens is 70.0 g/mol. The maximum Gasteiger partial charge on any atom is 1.00 e. The average Bonchev–Trinajstić information content (AvgIpc) is 1.00. The number of hydrogen-bond donors (Lipinski definition) is 1. The molecule has 3 heteroatoms. The number of hydrogen-bond acceptors (Lipinski definition) is 1. The molecule has 1 N–H and O–H groups in total. The largest absolute Gasteiger partial charge is 1.00 e. The molecule has 0 unspecified atom stereocenters. The van der Waals surface area contributed by atoms with Crippen LogP contribution in [0.4, 0.5) is 0 Å². The predicted octanol–water partition coefficient (Wildman–Crippen LogP) is -6.38. The Morgan fingerprint density at radius 3 is 1.25 bits per heavy atom. The third-order valence-electron chi connectivity index (χ3n) is 0. The molecule has 4 heavy (non-hydrogen) atoms. The van der Waals surface area contributed by atoms with Crippen LogP contribution in [0.2, 0.25) is 0 Å². The summed E-state index contributed by atoms with van der Waals surface area (Å²) >= 11 is 0. The van der Waals surface area contributed by atoms with E-state index in [1.54, 1.807) is 0 Å². The molecule has 0 aliphatic heterocycles. The standard InChI is InChI=1S/CH4O.FH.Na/c1-2;;/h2H,1H3;1H;/q;;+1/p-1. The molecule has 0 saturated carbocycles. The maximum absolute atomic E-state index is 7.00. The van der Waals surface area contributed by atoms with Crippen LogP contribution >= 0.6 is 0 Å². The quantitative estimate of drug-likeness (QED) is 0.283. The van der Waals surface area contributed by atoms with Gasteiger partial charge in [0, 0.05) is 7.11 Å². The van der Waals surface area contributed by atoms with E-state index in [2.05, 4.69) is 0 Å². The van der Waals surface area contributed by atoms with E-state index < -0.39 is 0 Å². The molecule has 0 aliphatic carbocycles. The van der Waals surface area contributed by atoms with Crippen molar-refractivity contribution in [3.05, 3.63) is 0 Å². The van der Waals surface area contributed by atoms with E-state index in [1.165, 1.54) is 0 Å². The van der Waals surface area contributed by atoms with Crippen LogP contribution in [0.5, 0.6) is 0 Å². The van der Waals surface area contributed by atoms with Gasteiger partial charge in [-0.15, -0.1) is 0 Å². The van der Waals surface area contributed by atoms with Crippen molar-refractivity contribution in [1.82, 2.24) is 0 Å². The van der Waals surface area contributed by atoms with E-state index in [0.29, 0.717) is 0 Å². The Morgan fingerprint density at radius 1 is 1.25 bits per heavy atom. The monoisotopic (exact) mass is 74.0 g/mol. The van der Waals surface area contributed by atoms with Crippen molar-refractivity contribution in [3.8, 4) is 0 Å². The molecular formula is CH4FNaO. The second-order valence-corrected chi connectivity index (χ2v) is 0. The van der Waals surface area contributed by atoms with Crippen LogP contribution in [-0.2, 0) is 0 Å². The maximum atomic E-state index is 7.00. The minimum atomic E-state index is 0. The van der Waals surface area contributed by atoms with Gasteiger partial charge in [-0.2, -0.15) is 0 Å². The summed E-state index contributed by atoms with van der Waals surface area (Å²) in [5.41, 5.74) is 0. The molecule has 0 aromatic carbocycles. The first-order chi connectivity index (χ1) is 1.00. The molecule has 22 valence electrons. The molecule has 0 amide bonds. The third kappa shape index (κ3) is 13.0. The average molecular weight is 74.0 g/mol. The van der Waals surface area contributed by atoms with Crippen LogP contribution < -0.4 is 34.3 Å². The van der Waals surface area contributed by atoms with E-state index in [1.807, 2.05) is 0 Å². The first-order valence-electron chi connectivity index (χ1n) is 0.447. The van der Waals surface area contributed by atoms with E-state index in [-0.39, 0.29) is 34.3 Å². The van der Waals surface area contributed by atoms with Crippen LogP contribution in [0.15, 0.2) is 0 Å². The summed E-state index contributed by atoms with van der Waals surface area (Å²) in [6.45, 7) is 0. The first kappa shape index (κ1) is 20.7. The first-order valence-corrected chi connectivity index (χ1v) is 0.447. The molecule has 0 aromatic rings. The van der Waals surface area contributed by atoms with Gasteiger partial charge >= 0.3 is 29.6 Å². The number of aliphatic hydroxyl groups is 1. The van der Waals surface area contributed by atoms with Gasteiger partial charge in [-0.05, 0) is 0 Å². The molecule has 0 rings (SSSR count). The Balaban J connectivity index is -0.00000000500. The zero-order valence-corrected chi connectivity index (χ0v) is 4.83. The Kier molecular flexibility index (Phi) is 212. The third-order valence-corrected chi connectivity index (χ3v) is 0. The van der Waals surface area contributed by atoms with Gasteiger partial charge in [-0.1, -0.05) is 0 Å². The van der Waals surface area contributed by atoms with Crippen LogP contribution in [0.25, 0.3) is 0 Å². The van der Waals surface area contributed by atoms with Crippen molar-refractivity contribution < 1.29 is 39.4 Å². The van der Waals surface area contributed by atoms with Gasteiger partial charge < -0.3 is 9.81 Å². The van der Waals surface area contributed by atoms with Crippen molar-refractivity contribution in [1.29, 1.82) is 0 Å². The normalized spacial score (nSPS) is 1.50. The van der Waals surface area contributed by atoms with Crippen LogP contribution in [-0.4, -0.2) is 12.2 Å². The van der Waals surface area contributed by atoms with Gasteiger partial charge in [0.15, 0.2) is 0 Å². The molecule has 0 radical (unpaired) electrons. The Hall–Kier alpha value is 0.890. The molecule has 0 spiro atoms. The SMILES string of the molecule is CO.[F-].[Na+]. The predicted molar refractivity (Wildman–Crippen MR) is 8.14 cm³/mol. The van der Waals surface area contributed by atoms with Gasteiger partial charge in [0.1, 0.15) is 0 Å². The fourth-order valence-corrected chi connectivity index (χ4v) is 0. The van der Waals surface area contributed by atoms with E-state index in [4.69, 9.17) is 5.11 Å². The van der Waals surface area contributed by atoms with Gasteiger partial charge in [-0.25, -0.2) is 0 Å². The van der Waals surface area contributed by atoms with Crippen molar-refractivity contribution in [2.24, 2.45) is 0 Å². The molecule has 0 atom stereocenters. The summed E-state index contributed by atoms with van der Waals surface area (Å²) in [4.78, 5) is 0. The zero-order valence-electron chi connectivity index (χ0n) is 2.83. The molecule has 0 saturated heterocycles. The Morgan fingerprint density at radius 2 is 1.25 bits per heavy atom. The van der Waals surface area contributed by atoms with Crippen molar-refractivity contribution in [3.63, 3.8) is 0 Å². The summed E-state index contributed by atoms with van der Waals surface area (Å²) < 4.78 is 0. The second-order valence-electron chi connectivity index (χ2n) is 0. The van der Waals surface area contributed by atoms with Gasteiger partial charge in [0.05, 0.1) is 0 Å². The van der Waals surface area contributed by atoms with Crippen molar-refractivity contribution >= 4 is 0 Å². The van der Waals surface area contributed by atoms with Crippen LogP contribution in [0.3, 0.4) is 0 Å². The summed E-state index contributed by atoms with van der Waals surface area (Å²) in [6, 6.07) is 0. The van der Waals surface area contributed by atoms with Crippen molar-refractivity contribution in [2.75, 3.05) is 7.11 Å². The number of halogens is 1. The van der Waals surface area contributed by atoms with E-state index in [9.17, 15) is 0 Å². The van der Waals surface area contributed by atoms with Crippen LogP contribution in [0.1, 0.15) is 0 Å². The molecule has 0 fully saturated rings. The van der Waals surface area contributed by atoms with E-state index in [0.717, 1.165) is 7.11 Å². The summed E-state index contributed by atoms with van der Waals surface area (Å²) in [7, 11) is 1.00. The molecule has 0 bridgehead atoms. The summed E-state index contributed by atoms with van der Waals surface area (Å²) in [5.74, 6) is 0. The van der Waals surface area contributed by atoms with E-state index >= 15 is 0 Å². The van der Waals surface area contributed by atoms with Gasteiger partial charge in [0.2, 0.25) is 0 Å². The van der Waals surface area contributed by atoms with Gasteiger partial charge in [-0.3, -0.25) is 0 Å². The topological polar surface area (TPSA) is 20.2 Å². The minimum Gasteiger partial charge on any atom is -1.00 e. The Bertz CT molecular complexity index is 8.00. The number of rotatable bonds is 0. The fourth-order valence-electron chi connectivity index (χ4n) is 0. The minimum absolute atomic E-state index is 0. The summed E-state index contributed by atoms with van der Waals surface area (Å²) in [6.07, 6.45) is 0. The fraction of sp³-hybridized carbons (Fsp3) is 1.00. The zero-order chi connectivity index (χ0) is 2.00. The number of aliphatic hydroxyl groups excluding tert-OH is 1. The summed E-state index contributed by atoms with van der Waals surface area (Å²) in [5, 5.41) is 7.00. The molecule has 0 aliphatic rings. The van der Waals surface area contributed by atoms with Gasteiger partial charge in [0.25, 0.3) is 0 Å². The molecule has 1 nitrogen and oxygen atoms in total. The smallest absolute Gasteiger partial charge is 1.00 e. The Labute approximate surface area is 46.7 Å². The van der Waals surface area contributed by atoms with Crippen molar-refractivity contribution in [2.45, 2.75) is 0 Å². The van der Waals surface area contributed by atoms with Crippen LogP contribution in [0, 0.1) is 0 Å².